The van der Waals surface area contributed by atoms with Gasteiger partial charge < -0.3 is 5.32 Å². The molecule has 1 saturated heterocycles. The largest absolute Gasteiger partial charge is 0.314 e. The summed E-state index contributed by atoms with van der Waals surface area (Å²) < 4.78 is 0. The Bertz CT molecular complexity index is 216. The Labute approximate surface area is 79.5 Å². The predicted molar refractivity (Wildman–Crippen MR) is 55.0 cm³/mol. The second kappa shape index (κ2) is 4.03. The molecular weight excluding hydrogens is 162 g/mol. The third-order valence-electron chi connectivity index (χ3n) is 2.80. The number of hydrogen-bond acceptors (Lipinski definition) is 3. The van der Waals surface area contributed by atoms with Crippen molar-refractivity contribution in [2.75, 3.05) is 26.2 Å². The van der Waals surface area contributed by atoms with Gasteiger partial charge in [0, 0.05) is 50.6 Å². The zero-order chi connectivity index (χ0) is 9.10. The van der Waals surface area contributed by atoms with Gasteiger partial charge in [-0.3, -0.25) is 9.89 Å². The molecule has 2 atom stereocenters. The minimum Gasteiger partial charge on any atom is -0.314 e. The Morgan fingerprint density at radius 1 is 1.38 bits per heavy atom. The van der Waals surface area contributed by atoms with Gasteiger partial charge in [0.2, 0.25) is 0 Å². The first-order valence-corrected chi connectivity index (χ1v) is 5.02. The van der Waals surface area contributed by atoms with Crippen LogP contribution in [0.1, 0.15) is 6.92 Å². The summed E-state index contributed by atoms with van der Waals surface area (Å²) >= 11 is 0. The van der Waals surface area contributed by atoms with Crippen molar-refractivity contribution in [3.63, 3.8) is 0 Å². The standard InChI is InChI=1S/C10H17N3/c1-9-8-12-3-2-10(9)13-6-4-11-5-7-13/h2-3,8-11H,4-7H2,1H3. The van der Waals surface area contributed by atoms with E-state index in [2.05, 4.69) is 28.2 Å². The second-order valence-corrected chi connectivity index (χ2v) is 3.78. The molecule has 3 heteroatoms. The van der Waals surface area contributed by atoms with Gasteiger partial charge in [-0.05, 0) is 6.08 Å². The van der Waals surface area contributed by atoms with Gasteiger partial charge in [0.15, 0.2) is 0 Å². The zero-order valence-corrected chi connectivity index (χ0v) is 8.11. The molecule has 1 fully saturated rings. The molecule has 0 saturated carbocycles. The highest BCUT2D eigenvalue weighted by Crippen LogP contribution is 2.15. The molecule has 2 rings (SSSR count). The van der Waals surface area contributed by atoms with Crippen LogP contribution in [0.4, 0.5) is 0 Å². The van der Waals surface area contributed by atoms with E-state index in [0.717, 1.165) is 26.2 Å². The number of nitrogens with one attached hydrogen (secondary N) is 1. The minimum absolute atomic E-state index is 0.558. The van der Waals surface area contributed by atoms with Crippen molar-refractivity contribution < 1.29 is 0 Å². The zero-order valence-electron chi connectivity index (χ0n) is 8.11. The summed E-state index contributed by atoms with van der Waals surface area (Å²) in [5.41, 5.74) is 0. The first-order chi connectivity index (χ1) is 6.38. The first kappa shape index (κ1) is 8.91. The van der Waals surface area contributed by atoms with E-state index in [0.29, 0.717) is 12.0 Å². The summed E-state index contributed by atoms with van der Waals surface area (Å²) in [5.74, 6) is 0.558. The summed E-state index contributed by atoms with van der Waals surface area (Å²) in [6.45, 7) is 6.79. The van der Waals surface area contributed by atoms with E-state index in [1.54, 1.807) is 0 Å². The molecule has 1 N–H and O–H groups in total. The molecule has 2 aliphatic heterocycles. The van der Waals surface area contributed by atoms with Crippen LogP contribution in [0.25, 0.3) is 0 Å². The Morgan fingerprint density at radius 2 is 2.15 bits per heavy atom. The molecule has 0 spiro atoms. The highest BCUT2D eigenvalue weighted by atomic mass is 15.2. The van der Waals surface area contributed by atoms with Crippen molar-refractivity contribution in [3.05, 3.63) is 12.3 Å². The maximum Gasteiger partial charge on any atom is 0.0372 e. The SMILES string of the molecule is CC1C=NC=CC1N1CCNCC1. The van der Waals surface area contributed by atoms with Crippen LogP contribution in [0.2, 0.25) is 0 Å². The lowest BCUT2D eigenvalue weighted by Crippen LogP contribution is -2.50. The van der Waals surface area contributed by atoms with Gasteiger partial charge in [-0.1, -0.05) is 6.92 Å². The van der Waals surface area contributed by atoms with Crippen LogP contribution < -0.4 is 5.32 Å². The van der Waals surface area contributed by atoms with E-state index in [1.165, 1.54) is 0 Å². The van der Waals surface area contributed by atoms with Crippen molar-refractivity contribution in [2.24, 2.45) is 10.9 Å². The molecule has 0 aromatic carbocycles. The molecule has 0 aromatic heterocycles. The Morgan fingerprint density at radius 3 is 2.85 bits per heavy atom. The van der Waals surface area contributed by atoms with Crippen molar-refractivity contribution in [2.45, 2.75) is 13.0 Å². The maximum atomic E-state index is 4.16. The maximum absolute atomic E-state index is 4.16. The van der Waals surface area contributed by atoms with E-state index in [4.69, 9.17) is 0 Å². The normalized spacial score (nSPS) is 35.2. The monoisotopic (exact) mass is 179 g/mol. The second-order valence-electron chi connectivity index (χ2n) is 3.78. The summed E-state index contributed by atoms with van der Waals surface area (Å²) in [4.78, 5) is 6.69. The van der Waals surface area contributed by atoms with Crippen molar-refractivity contribution in [1.82, 2.24) is 10.2 Å². The lowest BCUT2D eigenvalue weighted by molar-refractivity contribution is 0.182. The van der Waals surface area contributed by atoms with E-state index in [1.807, 2.05) is 12.4 Å². The van der Waals surface area contributed by atoms with Crippen molar-refractivity contribution in [1.29, 1.82) is 0 Å². The van der Waals surface area contributed by atoms with Crippen molar-refractivity contribution >= 4 is 6.21 Å². The molecule has 2 unspecified atom stereocenters. The molecule has 72 valence electrons. The fourth-order valence-electron chi connectivity index (χ4n) is 2.02. The van der Waals surface area contributed by atoms with Crippen LogP contribution in [-0.4, -0.2) is 43.3 Å². The predicted octanol–water partition coefficient (Wildman–Crippen LogP) is 0.494. The van der Waals surface area contributed by atoms with E-state index >= 15 is 0 Å². The molecular formula is C10H17N3. The highest BCUT2D eigenvalue weighted by Gasteiger charge is 2.23. The quantitative estimate of drug-likeness (QED) is 0.634. The number of rotatable bonds is 1. The summed E-state index contributed by atoms with van der Waals surface area (Å²) in [6.07, 6.45) is 6.19. The minimum atomic E-state index is 0.558. The van der Waals surface area contributed by atoms with Crippen LogP contribution in [-0.2, 0) is 0 Å². The van der Waals surface area contributed by atoms with Gasteiger partial charge in [-0.25, -0.2) is 0 Å². The molecule has 0 aliphatic carbocycles. The Kier molecular flexibility index (Phi) is 2.76. The molecule has 3 nitrogen and oxygen atoms in total. The topological polar surface area (TPSA) is 27.6 Å². The van der Waals surface area contributed by atoms with Gasteiger partial charge in [0.1, 0.15) is 0 Å². The fraction of sp³-hybridized carbons (Fsp3) is 0.700. The van der Waals surface area contributed by atoms with E-state index < -0.39 is 0 Å². The van der Waals surface area contributed by atoms with Gasteiger partial charge in [-0.15, -0.1) is 0 Å². The third kappa shape index (κ3) is 1.98. The smallest absolute Gasteiger partial charge is 0.0372 e. The lowest BCUT2D eigenvalue weighted by atomic mass is 9.99. The molecule has 13 heavy (non-hydrogen) atoms. The average molecular weight is 179 g/mol. The fourth-order valence-corrected chi connectivity index (χ4v) is 2.02. The number of hydrogen-bond donors (Lipinski definition) is 1. The van der Waals surface area contributed by atoms with Crippen LogP contribution in [0.3, 0.4) is 0 Å². The number of piperazine rings is 1. The molecule has 0 amide bonds. The van der Waals surface area contributed by atoms with Crippen LogP contribution in [0.5, 0.6) is 0 Å². The summed E-state index contributed by atoms with van der Waals surface area (Å²) in [7, 11) is 0. The van der Waals surface area contributed by atoms with Crippen LogP contribution in [0.15, 0.2) is 17.3 Å². The van der Waals surface area contributed by atoms with Gasteiger partial charge >= 0.3 is 0 Å². The summed E-state index contributed by atoms with van der Waals surface area (Å²) in [6, 6.07) is 0.569. The summed E-state index contributed by atoms with van der Waals surface area (Å²) in [5, 5.41) is 3.37. The van der Waals surface area contributed by atoms with Gasteiger partial charge in [-0.2, -0.15) is 0 Å². The molecule has 2 heterocycles. The molecule has 0 bridgehead atoms. The number of aliphatic imine (C=N–C) groups is 1. The van der Waals surface area contributed by atoms with Crippen LogP contribution >= 0.6 is 0 Å². The average Bonchev–Trinajstić information content (AvgIpc) is 2.20. The third-order valence-corrected chi connectivity index (χ3v) is 2.80. The Hall–Kier alpha value is -0.670. The first-order valence-electron chi connectivity index (χ1n) is 5.02. The van der Waals surface area contributed by atoms with Gasteiger partial charge in [0.25, 0.3) is 0 Å². The molecule has 0 aromatic rings. The highest BCUT2D eigenvalue weighted by molar-refractivity contribution is 5.64. The van der Waals surface area contributed by atoms with Crippen LogP contribution in [0, 0.1) is 5.92 Å². The van der Waals surface area contributed by atoms with E-state index in [-0.39, 0.29) is 0 Å². The lowest BCUT2D eigenvalue weighted by Gasteiger charge is -2.36. The molecule has 2 aliphatic rings. The number of nitrogens with zero attached hydrogens (tertiary/aromatic N) is 2. The van der Waals surface area contributed by atoms with Gasteiger partial charge in [0.05, 0.1) is 0 Å². The molecule has 0 radical (unpaired) electrons. The van der Waals surface area contributed by atoms with Crippen molar-refractivity contribution in [3.8, 4) is 0 Å². The van der Waals surface area contributed by atoms with E-state index in [9.17, 15) is 0 Å². The Balaban J connectivity index is 1.98.